The molecule has 0 spiro atoms. The first kappa shape index (κ1) is 12.5. The van der Waals surface area contributed by atoms with Crippen molar-refractivity contribution < 1.29 is 4.79 Å². The Morgan fingerprint density at radius 3 is 2.27 bits per heavy atom. The third kappa shape index (κ3) is 3.49. The van der Waals surface area contributed by atoms with Gasteiger partial charge in [0.25, 0.3) is 0 Å². The number of carbonyl (C=O) groups is 1. The minimum atomic E-state index is 0.335. The Labute approximate surface area is 93.4 Å². The first-order chi connectivity index (χ1) is 7.19. The van der Waals surface area contributed by atoms with Gasteiger partial charge in [-0.05, 0) is 19.8 Å². The number of hydrogen-bond donors (Lipinski definition) is 0. The summed E-state index contributed by atoms with van der Waals surface area (Å²) in [7, 11) is 0. The number of hydrogen-bond acceptors (Lipinski definition) is 2. The van der Waals surface area contributed by atoms with E-state index in [1.807, 2.05) is 4.90 Å². The maximum atomic E-state index is 11.7. The van der Waals surface area contributed by atoms with Crippen LogP contribution in [0.2, 0.25) is 0 Å². The van der Waals surface area contributed by atoms with Gasteiger partial charge < -0.3 is 4.90 Å². The minimum Gasteiger partial charge on any atom is -0.340 e. The van der Waals surface area contributed by atoms with E-state index in [1.54, 1.807) is 0 Å². The predicted molar refractivity (Wildman–Crippen MR) is 62.8 cm³/mol. The van der Waals surface area contributed by atoms with E-state index in [9.17, 15) is 4.79 Å². The minimum absolute atomic E-state index is 0.335. The monoisotopic (exact) mass is 212 g/mol. The summed E-state index contributed by atoms with van der Waals surface area (Å²) in [5.41, 5.74) is 0. The van der Waals surface area contributed by atoms with Gasteiger partial charge in [0.1, 0.15) is 0 Å². The van der Waals surface area contributed by atoms with Crippen LogP contribution < -0.4 is 0 Å². The molecule has 88 valence electrons. The summed E-state index contributed by atoms with van der Waals surface area (Å²) in [4.78, 5) is 16.1. The van der Waals surface area contributed by atoms with Crippen molar-refractivity contribution in [2.45, 2.75) is 46.1 Å². The molecule has 1 atom stereocenters. The van der Waals surface area contributed by atoms with Crippen LogP contribution in [0.1, 0.15) is 40.0 Å². The Hall–Kier alpha value is -0.570. The summed E-state index contributed by atoms with van der Waals surface area (Å²) in [6, 6.07) is 0.661. The van der Waals surface area contributed by atoms with Crippen LogP contribution in [-0.2, 0) is 4.79 Å². The molecule has 1 aliphatic rings. The van der Waals surface area contributed by atoms with Gasteiger partial charge in [0.15, 0.2) is 0 Å². The Morgan fingerprint density at radius 2 is 1.80 bits per heavy atom. The smallest absolute Gasteiger partial charge is 0.222 e. The van der Waals surface area contributed by atoms with Crippen molar-refractivity contribution in [3.8, 4) is 0 Å². The maximum Gasteiger partial charge on any atom is 0.222 e. The molecular weight excluding hydrogens is 188 g/mol. The Balaban J connectivity index is 2.32. The van der Waals surface area contributed by atoms with Crippen LogP contribution in [-0.4, -0.2) is 47.9 Å². The number of rotatable bonds is 4. The molecule has 1 fully saturated rings. The second kappa shape index (κ2) is 6.11. The molecular formula is C12H24N2O. The molecule has 0 aromatic rings. The van der Waals surface area contributed by atoms with Crippen molar-refractivity contribution in [3.63, 3.8) is 0 Å². The standard InChI is InChI=1S/C12H24N2O/c1-4-6-12(15)14-9-7-13(8-10-14)11(3)5-2/h11H,4-10H2,1-3H3. The lowest BCUT2D eigenvalue weighted by atomic mass is 10.2. The normalized spacial score (nSPS) is 20.3. The van der Waals surface area contributed by atoms with E-state index in [2.05, 4.69) is 25.7 Å². The molecule has 1 amide bonds. The van der Waals surface area contributed by atoms with E-state index in [0.717, 1.165) is 32.6 Å². The van der Waals surface area contributed by atoms with Crippen molar-refractivity contribution in [2.24, 2.45) is 0 Å². The van der Waals surface area contributed by atoms with Gasteiger partial charge in [0.2, 0.25) is 5.91 Å². The predicted octanol–water partition coefficient (Wildman–Crippen LogP) is 1.73. The summed E-state index contributed by atoms with van der Waals surface area (Å²) in [6.07, 6.45) is 2.87. The largest absolute Gasteiger partial charge is 0.340 e. The Kier molecular flexibility index (Phi) is 5.09. The molecule has 3 nitrogen and oxygen atoms in total. The first-order valence-electron chi connectivity index (χ1n) is 6.20. The van der Waals surface area contributed by atoms with Crippen LogP contribution in [0, 0.1) is 0 Å². The van der Waals surface area contributed by atoms with Crippen molar-refractivity contribution in [1.29, 1.82) is 0 Å². The lowest BCUT2D eigenvalue weighted by Gasteiger charge is -2.37. The lowest BCUT2D eigenvalue weighted by molar-refractivity contribution is -0.133. The van der Waals surface area contributed by atoms with E-state index in [4.69, 9.17) is 0 Å². The van der Waals surface area contributed by atoms with Gasteiger partial charge in [0, 0.05) is 38.6 Å². The van der Waals surface area contributed by atoms with Crippen LogP contribution >= 0.6 is 0 Å². The highest BCUT2D eigenvalue weighted by atomic mass is 16.2. The van der Waals surface area contributed by atoms with Crippen LogP contribution in [0.25, 0.3) is 0 Å². The summed E-state index contributed by atoms with van der Waals surface area (Å²) in [5, 5.41) is 0. The van der Waals surface area contributed by atoms with E-state index in [-0.39, 0.29) is 0 Å². The van der Waals surface area contributed by atoms with Crippen LogP contribution in [0.15, 0.2) is 0 Å². The van der Waals surface area contributed by atoms with Gasteiger partial charge in [-0.3, -0.25) is 9.69 Å². The number of nitrogens with zero attached hydrogens (tertiary/aromatic N) is 2. The SMILES string of the molecule is CCCC(=O)N1CCN(C(C)CC)CC1. The second-order valence-corrected chi connectivity index (χ2v) is 4.42. The van der Waals surface area contributed by atoms with Gasteiger partial charge in [0.05, 0.1) is 0 Å². The van der Waals surface area contributed by atoms with Crippen molar-refractivity contribution in [1.82, 2.24) is 9.80 Å². The zero-order chi connectivity index (χ0) is 11.3. The van der Waals surface area contributed by atoms with Gasteiger partial charge >= 0.3 is 0 Å². The maximum absolute atomic E-state index is 11.7. The number of piperazine rings is 1. The van der Waals surface area contributed by atoms with E-state index in [1.165, 1.54) is 6.42 Å². The molecule has 0 aromatic carbocycles. The van der Waals surface area contributed by atoms with E-state index >= 15 is 0 Å². The Bertz CT molecular complexity index is 198. The molecule has 0 aliphatic carbocycles. The molecule has 0 bridgehead atoms. The summed E-state index contributed by atoms with van der Waals surface area (Å²) >= 11 is 0. The molecule has 1 aliphatic heterocycles. The first-order valence-corrected chi connectivity index (χ1v) is 6.20. The third-order valence-electron chi connectivity index (χ3n) is 3.35. The van der Waals surface area contributed by atoms with Crippen LogP contribution in [0.3, 0.4) is 0 Å². The fraction of sp³-hybridized carbons (Fsp3) is 0.917. The van der Waals surface area contributed by atoms with Crippen molar-refractivity contribution in [3.05, 3.63) is 0 Å². The van der Waals surface area contributed by atoms with Gasteiger partial charge in [-0.2, -0.15) is 0 Å². The highest BCUT2D eigenvalue weighted by molar-refractivity contribution is 5.76. The topological polar surface area (TPSA) is 23.6 Å². The molecule has 1 saturated heterocycles. The molecule has 3 heteroatoms. The van der Waals surface area contributed by atoms with E-state index < -0.39 is 0 Å². The molecule has 0 aromatic heterocycles. The average molecular weight is 212 g/mol. The van der Waals surface area contributed by atoms with Crippen LogP contribution in [0.5, 0.6) is 0 Å². The highest BCUT2D eigenvalue weighted by Gasteiger charge is 2.22. The van der Waals surface area contributed by atoms with Gasteiger partial charge in [-0.25, -0.2) is 0 Å². The third-order valence-corrected chi connectivity index (χ3v) is 3.35. The number of amides is 1. The molecule has 1 rings (SSSR count). The molecule has 0 N–H and O–H groups in total. The summed E-state index contributed by atoms with van der Waals surface area (Å²) in [5.74, 6) is 0.335. The quantitative estimate of drug-likeness (QED) is 0.708. The fourth-order valence-corrected chi connectivity index (χ4v) is 2.04. The highest BCUT2D eigenvalue weighted by Crippen LogP contribution is 2.09. The van der Waals surface area contributed by atoms with E-state index in [0.29, 0.717) is 18.4 Å². The van der Waals surface area contributed by atoms with Gasteiger partial charge in [-0.1, -0.05) is 13.8 Å². The zero-order valence-electron chi connectivity index (χ0n) is 10.3. The molecule has 1 heterocycles. The lowest BCUT2D eigenvalue weighted by Crippen LogP contribution is -2.51. The van der Waals surface area contributed by atoms with Gasteiger partial charge in [-0.15, -0.1) is 0 Å². The second-order valence-electron chi connectivity index (χ2n) is 4.42. The molecule has 15 heavy (non-hydrogen) atoms. The molecule has 1 unspecified atom stereocenters. The fourth-order valence-electron chi connectivity index (χ4n) is 2.04. The summed E-state index contributed by atoms with van der Waals surface area (Å²) in [6.45, 7) is 10.5. The average Bonchev–Trinajstić information content (AvgIpc) is 2.28. The Morgan fingerprint density at radius 1 is 1.20 bits per heavy atom. The van der Waals surface area contributed by atoms with Crippen LogP contribution in [0.4, 0.5) is 0 Å². The molecule has 0 radical (unpaired) electrons. The molecule has 0 saturated carbocycles. The number of carbonyl (C=O) groups excluding carboxylic acids is 1. The summed E-state index contributed by atoms with van der Waals surface area (Å²) < 4.78 is 0. The zero-order valence-corrected chi connectivity index (χ0v) is 10.3. The van der Waals surface area contributed by atoms with Crippen molar-refractivity contribution in [2.75, 3.05) is 26.2 Å². The van der Waals surface area contributed by atoms with Crippen molar-refractivity contribution >= 4 is 5.91 Å².